The van der Waals surface area contributed by atoms with Crippen molar-refractivity contribution in [2.45, 2.75) is 39.7 Å². The number of piperidine rings is 1. The molecule has 1 aliphatic heterocycles. The topological polar surface area (TPSA) is 92.4 Å². The summed E-state index contributed by atoms with van der Waals surface area (Å²) < 4.78 is 10.4. The molecular weight excluding hydrogens is 454 g/mol. The molecule has 1 saturated heterocycles. The molecule has 0 atom stereocenters. The number of carbonyl (C=O) groups excluding carboxylic acids is 1. The smallest absolute Gasteiger partial charge is 0.251 e. The Kier molecular flexibility index (Phi) is 11.1. The molecule has 2 rings (SSSR count). The summed E-state index contributed by atoms with van der Waals surface area (Å²) in [7, 11) is 4.91. The van der Waals surface area contributed by atoms with Crippen LogP contribution in [0.1, 0.15) is 42.6 Å². The van der Waals surface area contributed by atoms with Crippen LogP contribution < -0.4 is 16.0 Å². The van der Waals surface area contributed by atoms with Gasteiger partial charge in [-0.1, -0.05) is 11.6 Å². The van der Waals surface area contributed by atoms with E-state index in [9.17, 15) is 4.79 Å². The van der Waals surface area contributed by atoms with E-state index >= 15 is 0 Å². The second-order valence-electron chi connectivity index (χ2n) is 8.49. The van der Waals surface area contributed by atoms with Gasteiger partial charge in [-0.15, -0.1) is 0 Å². The summed E-state index contributed by atoms with van der Waals surface area (Å²) in [5.41, 5.74) is 9.79. The van der Waals surface area contributed by atoms with Gasteiger partial charge in [0, 0.05) is 68.4 Å². The Bertz CT molecular complexity index is 895. The predicted octanol–water partition coefficient (Wildman–Crippen LogP) is 3.22. The molecule has 1 aliphatic rings. The van der Waals surface area contributed by atoms with Crippen molar-refractivity contribution in [3.8, 4) is 0 Å². The summed E-state index contributed by atoms with van der Waals surface area (Å²) in [6, 6.07) is 4.09. The van der Waals surface area contributed by atoms with Crippen molar-refractivity contribution in [3.63, 3.8) is 0 Å². The number of hydrogen-bond donors (Lipinski definition) is 2. The lowest BCUT2D eigenvalue weighted by Gasteiger charge is -2.40. The van der Waals surface area contributed by atoms with Crippen LogP contribution in [0.3, 0.4) is 0 Å². The summed E-state index contributed by atoms with van der Waals surface area (Å²) in [5.74, 6) is 0.0258. The molecule has 1 aromatic rings. The van der Waals surface area contributed by atoms with E-state index < -0.39 is 0 Å². The number of methoxy groups -OCH3 is 2. The first-order valence-corrected chi connectivity index (χ1v) is 12.2. The van der Waals surface area contributed by atoms with Crippen LogP contribution >= 0.6 is 11.6 Å². The molecule has 0 aromatic heterocycles. The molecule has 0 unspecified atom stereocenters. The standard InChI is InChI=1S/C25H40ClN5O3/c1-7-31(20-8-10-30(11-9-20)12-13-33-5)23-15-19(26)14-21(17(23)2)25(32)29-16-22(18(3)28-4)24(27)34-6/h14-15,20H,7-13,16,27H2,1-6H3,(H,29,32). The number of amides is 1. The Morgan fingerprint density at radius 1 is 1.32 bits per heavy atom. The quantitative estimate of drug-likeness (QED) is 0.363. The van der Waals surface area contributed by atoms with Gasteiger partial charge in [-0.05, 0) is 51.3 Å². The highest BCUT2D eigenvalue weighted by Crippen LogP contribution is 2.32. The van der Waals surface area contributed by atoms with Gasteiger partial charge in [-0.3, -0.25) is 9.79 Å². The Balaban J connectivity index is 2.22. The first kappa shape index (κ1) is 28.0. The minimum Gasteiger partial charge on any atom is -0.482 e. The lowest BCUT2D eigenvalue weighted by atomic mass is 9.99. The molecule has 1 amide bonds. The zero-order valence-electron chi connectivity index (χ0n) is 21.4. The molecular formula is C25H40ClN5O3. The number of carbonyl (C=O) groups is 1. The summed E-state index contributed by atoms with van der Waals surface area (Å²) >= 11 is 6.50. The zero-order chi connectivity index (χ0) is 25.3. The first-order valence-electron chi connectivity index (χ1n) is 11.8. The fourth-order valence-electron chi connectivity index (χ4n) is 4.41. The van der Waals surface area contributed by atoms with Crippen molar-refractivity contribution in [3.05, 3.63) is 39.7 Å². The second kappa shape index (κ2) is 13.6. The van der Waals surface area contributed by atoms with Crippen LogP contribution in [0.25, 0.3) is 0 Å². The highest BCUT2D eigenvalue weighted by atomic mass is 35.5. The number of hydrogen-bond acceptors (Lipinski definition) is 7. The predicted molar refractivity (Wildman–Crippen MR) is 140 cm³/mol. The number of benzene rings is 1. The third-order valence-electron chi connectivity index (χ3n) is 6.56. The summed E-state index contributed by atoms with van der Waals surface area (Å²) in [4.78, 5) is 22.2. The number of likely N-dealkylation sites (tertiary alicyclic amines) is 1. The number of halogens is 1. The van der Waals surface area contributed by atoms with Crippen molar-refractivity contribution in [1.29, 1.82) is 0 Å². The molecule has 0 saturated carbocycles. The maximum absolute atomic E-state index is 13.2. The van der Waals surface area contributed by atoms with Gasteiger partial charge in [0.1, 0.15) is 0 Å². The lowest BCUT2D eigenvalue weighted by molar-refractivity contribution is 0.0956. The van der Waals surface area contributed by atoms with Gasteiger partial charge in [0.2, 0.25) is 0 Å². The summed E-state index contributed by atoms with van der Waals surface area (Å²) in [6.45, 7) is 10.8. The fraction of sp³-hybridized carbons (Fsp3) is 0.600. The number of nitrogens with zero attached hydrogens (tertiary/aromatic N) is 3. The van der Waals surface area contributed by atoms with Gasteiger partial charge in [-0.2, -0.15) is 0 Å². The molecule has 9 heteroatoms. The number of nitrogens with one attached hydrogen (secondary N) is 1. The van der Waals surface area contributed by atoms with Crippen LogP contribution in [-0.2, 0) is 9.47 Å². The molecule has 34 heavy (non-hydrogen) atoms. The number of anilines is 1. The lowest BCUT2D eigenvalue weighted by Crippen LogP contribution is -2.46. The minimum atomic E-state index is -0.211. The Hall–Kier alpha value is -2.29. The van der Waals surface area contributed by atoms with Crippen LogP contribution in [0, 0.1) is 6.92 Å². The van der Waals surface area contributed by atoms with E-state index in [1.165, 1.54) is 7.11 Å². The second-order valence-corrected chi connectivity index (χ2v) is 8.92. The summed E-state index contributed by atoms with van der Waals surface area (Å²) in [5, 5.41) is 3.50. The maximum atomic E-state index is 13.2. The van der Waals surface area contributed by atoms with Crippen molar-refractivity contribution < 1.29 is 14.3 Å². The Morgan fingerprint density at radius 3 is 2.56 bits per heavy atom. The average Bonchev–Trinajstić information content (AvgIpc) is 2.85. The maximum Gasteiger partial charge on any atom is 0.251 e. The monoisotopic (exact) mass is 493 g/mol. The molecule has 8 nitrogen and oxygen atoms in total. The van der Waals surface area contributed by atoms with Crippen molar-refractivity contribution in [1.82, 2.24) is 10.2 Å². The van der Waals surface area contributed by atoms with E-state index in [0.717, 1.165) is 56.9 Å². The zero-order valence-corrected chi connectivity index (χ0v) is 22.2. The fourth-order valence-corrected chi connectivity index (χ4v) is 4.63. The number of nitrogens with two attached hydrogens (primary N) is 1. The molecule has 1 fully saturated rings. The van der Waals surface area contributed by atoms with E-state index in [-0.39, 0.29) is 18.3 Å². The molecule has 1 aromatic carbocycles. The van der Waals surface area contributed by atoms with Gasteiger partial charge in [0.15, 0.2) is 5.88 Å². The van der Waals surface area contributed by atoms with Gasteiger partial charge in [-0.25, -0.2) is 0 Å². The summed E-state index contributed by atoms with van der Waals surface area (Å²) in [6.07, 6.45) is 2.12. The molecule has 0 bridgehead atoms. The van der Waals surface area contributed by atoms with Crippen LogP contribution in [0.5, 0.6) is 0 Å². The van der Waals surface area contributed by atoms with Gasteiger partial charge in [0.05, 0.1) is 25.8 Å². The van der Waals surface area contributed by atoms with Crippen molar-refractivity contribution in [2.24, 2.45) is 10.7 Å². The van der Waals surface area contributed by atoms with Crippen LogP contribution in [0.2, 0.25) is 5.02 Å². The molecule has 3 N–H and O–H groups in total. The van der Waals surface area contributed by atoms with Gasteiger partial charge < -0.3 is 30.3 Å². The van der Waals surface area contributed by atoms with E-state index in [1.807, 2.05) is 19.9 Å². The highest BCUT2D eigenvalue weighted by Gasteiger charge is 2.26. The number of aliphatic imine (C=N–C) groups is 1. The van der Waals surface area contributed by atoms with Crippen molar-refractivity contribution >= 4 is 28.9 Å². The van der Waals surface area contributed by atoms with Gasteiger partial charge >= 0.3 is 0 Å². The third kappa shape index (κ3) is 7.10. The highest BCUT2D eigenvalue weighted by molar-refractivity contribution is 6.31. The Labute approximate surface area is 209 Å². The van der Waals surface area contributed by atoms with E-state index in [0.29, 0.717) is 27.9 Å². The third-order valence-corrected chi connectivity index (χ3v) is 6.78. The molecule has 0 spiro atoms. The molecule has 0 aliphatic carbocycles. The largest absolute Gasteiger partial charge is 0.482 e. The first-order chi connectivity index (χ1) is 16.3. The average molecular weight is 494 g/mol. The number of ether oxygens (including phenoxy) is 2. The number of rotatable bonds is 11. The van der Waals surface area contributed by atoms with E-state index in [1.54, 1.807) is 20.2 Å². The normalized spacial score (nSPS) is 16.3. The minimum absolute atomic E-state index is 0.209. The molecule has 1 heterocycles. The van der Waals surface area contributed by atoms with Crippen LogP contribution in [0.4, 0.5) is 5.69 Å². The van der Waals surface area contributed by atoms with E-state index in [4.69, 9.17) is 26.8 Å². The van der Waals surface area contributed by atoms with Crippen molar-refractivity contribution in [2.75, 3.05) is 65.5 Å². The molecule has 0 radical (unpaired) electrons. The molecule has 190 valence electrons. The SMILES string of the molecule is CCN(c1cc(Cl)cc(C(=O)NCC(C(C)=NC)=C(N)OC)c1C)C1CCN(CCOC)CC1. The van der Waals surface area contributed by atoms with E-state index in [2.05, 4.69) is 27.0 Å². The van der Waals surface area contributed by atoms with Gasteiger partial charge in [0.25, 0.3) is 5.91 Å². The van der Waals surface area contributed by atoms with Crippen LogP contribution in [-0.4, -0.2) is 83.2 Å². The van der Waals surface area contributed by atoms with Crippen LogP contribution in [0.15, 0.2) is 28.6 Å². The Morgan fingerprint density at radius 2 is 2.00 bits per heavy atom.